The molecule has 0 bridgehead atoms. The van der Waals surface area contributed by atoms with Gasteiger partial charge in [0.1, 0.15) is 18.1 Å². The SMILES string of the molecule is Cn1ncnc1-c1ccc(F)c(OC2CN(C=O)C2)n1. The Morgan fingerprint density at radius 2 is 2.25 bits per heavy atom. The van der Waals surface area contributed by atoms with Gasteiger partial charge in [-0.15, -0.1) is 0 Å². The highest BCUT2D eigenvalue weighted by Crippen LogP contribution is 2.22. The zero-order valence-electron chi connectivity index (χ0n) is 10.7. The fraction of sp³-hybridized carbons (Fsp3) is 0.333. The molecule has 1 aliphatic heterocycles. The molecule has 20 heavy (non-hydrogen) atoms. The Balaban J connectivity index is 1.81. The minimum atomic E-state index is -0.541. The van der Waals surface area contributed by atoms with Crippen molar-refractivity contribution in [2.75, 3.05) is 13.1 Å². The van der Waals surface area contributed by atoms with Gasteiger partial charge in [-0.3, -0.25) is 4.79 Å². The Morgan fingerprint density at radius 1 is 1.45 bits per heavy atom. The molecule has 1 saturated heterocycles. The number of likely N-dealkylation sites (tertiary alicyclic amines) is 1. The van der Waals surface area contributed by atoms with Crippen LogP contribution in [0.2, 0.25) is 0 Å². The predicted octanol–water partition coefficient (Wildman–Crippen LogP) is 0.236. The van der Waals surface area contributed by atoms with Crippen LogP contribution in [0.25, 0.3) is 11.5 Å². The molecular formula is C12H12FN5O2. The highest BCUT2D eigenvalue weighted by atomic mass is 19.1. The Bertz CT molecular complexity index is 639. The van der Waals surface area contributed by atoms with E-state index in [0.717, 1.165) is 6.41 Å². The standard InChI is InChI=1S/C12H12FN5O2/c1-17-11(14-6-15-17)10-3-2-9(13)12(16-10)20-8-4-18(5-8)7-19/h2-3,6-8H,4-5H2,1H3. The zero-order valence-corrected chi connectivity index (χ0v) is 10.7. The summed E-state index contributed by atoms with van der Waals surface area (Å²) in [7, 11) is 1.72. The third-order valence-corrected chi connectivity index (χ3v) is 3.06. The van der Waals surface area contributed by atoms with Gasteiger partial charge in [-0.25, -0.2) is 19.0 Å². The molecule has 104 valence electrons. The maximum Gasteiger partial charge on any atom is 0.251 e. The molecule has 0 atom stereocenters. The van der Waals surface area contributed by atoms with E-state index in [0.29, 0.717) is 24.6 Å². The number of hydrogen-bond donors (Lipinski definition) is 0. The lowest BCUT2D eigenvalue weighted by atomic mass is 10.2. The third kappa shape index (κ3) is 2.20. The number of pyridine rings is 1. The predicted molar refractivity (Wildman–Crippen MR) is 66.2 cm³/mol. The van der Waals surface area contributed by atoms with Crippen LogP contribution in [0.1, 0.15) is 0 Å². The number of nitrogens with zero attached hydrogens (tertiary/aromatic N) is 5. The Morgan fingerprint density at radius 3 is 2.90 bits per heavy atom. The van der Waals surface area contributed by atoms with Crippen molar-refractivity contribution in [1.82, 2.24) is 24.6 Å². The largest absolute Gasteiger partial charge is 0.468 e. The van der Waals surface area contributed by atoms with E-state index in [-0.39, 0.29) is 12.0 Å². The number of hydrogen-bond acceptors (Lipinski definition) is 5. The smallest absolute Gasteiger partial charge is 0.251 e. The second-order valence-electron chi connectivity index (χ2n) is 4.49. The van der Waals surface area contributed by atoms with E-state index in [4.69, 9.17) is 4.74 Å². The van der Waals surface area contributed by atoms with Crippen LogP contribution >= 0.6 is 0 Å². The molecule has 0 unspecified atom stereocenters. The van der Waals surface area contributed by atoms with E-state index in [1.807, 2.05) is 0 Å². The Labute approximate surface area is 114 Å². The highest BCUT2D eigenvalue weighted by Gasteiger charge is 2.28. The quantitative estimate of drug-likeness (QED) is 0.748. The maximum absolute atomic E-state index is 13.7. The molecule has 2 aromatic heterocycles. The van der Waals surface area contributed by atoms with Crippen molar-refractivity contribution in [1.29, 1.82) is 0 Å². The first-order chi connectivity index (χ1) is 9.67. The zero-order chi connectivity index (χ0) is 14.1. The first-order valence-electron chi connectivity index (χ1n) is 6.04. The molecule has 1 fully saturated rings. The van der Waals surface area contributed by atoms with Gasteiger partial charge >= 0.3 is 0 Å². The fourth-order valence-corrected chi connectivity index (χ4v) is 1.95. The third-order valence-electron chi connectivity index (χ3n) is 3.06. The summed E-state index contributed by atoms with van der Waals surface area (Å²) >= 11 is 0. The van der Waals surface area contributed by atoms with Crippen LogP contribution in [0.5, 0.6) is 5.88 Å². The number of carbonyl (C=O) groups is 1. The number of halogens is 1. The molecule has 8 heteroatoms. The molecule has 0 spiro atoms. The van der Waals surface area contributed by atoms with Crippen molar-refractivity contribution in [2.24, 2.45) is 7.05 Å². The summed E-state index contributed by atoms with van der Waals surface area (Å²) in [6, 6.07) is 2.80. The summed E-state index contributed by atoms with van der Waals surface area (Å²) in [6.45, 7) is 0.887. The lowest BCUT2D eigenvalue weighted by molar-refractivity contribution is -0.126. The molecule has 3 rings (SSSR count). The van der Waals surface area contributed by atoms with Crippen molar-refractivity contribution in [3.05, 3.63) is 24.3 Å². The van der Waals surface area contributed by atoms with Crippen LogP contribution < -0.4 is 4.74 Å². The second kappa shape index (κ2) is 4.87. The fourth-order valence-electron chi connectivity index (χ4n) is 1.95. The molecule has 0 aromatic carbocycles. The van der Waals surface area contributed by atoms with Crippen molar-refractivity contribution in [2.45, 2.75) is 6.10 Å². The van der Waals surface area contributed by atoms with Gasteiger partial charge in [0, 0.05) is 7.05 Å². The maximum atomic E-state index is 13.7. The molecule has 1 aliphatic rings. The van der Waals surface area contributed by atoms with Crippen molar-refractivity contribution in [3.8, 4) is 17.4 Å². The van der Waals surface area contributed by atoms with Gasteiger partial charge in [0.15, 0.2) is 11.6 Å². The molecule has 0 radical (unpaired) electrons. The van der Waals surface area contributed by atoms with E-state index >= 15 is 0 Å². The van der Waals surface area contributed by atoms with Crippen LogP contribution in [0.3, 0.4) is 0 Å². The minimum Gasteiger partial charge on any atom is -0.468 e. The Kier molecular flexibility index (Phi) is 3.05. The number of amides is 1. The number of carbonyl (C=O) groups excluding carboxylic acids is 1. The molecule has 2 aromatic rings. The molecule has 3 heterocycles. The van der Waals surface area contributed by atoms with E-state index < -0.39 is 5.82 Å². The van der Waals surface area contributed by atoms with Gasteiger partial charge in [-0.1, -0.05) is 0 Å². The molecule has 0 saturated carbocycles. The van der Waals surface area contributed by atoms with Gasteiger partial charge < -0.3 is 9.64 Å². The average Bonchev–Trinajstić information content (AvgIpc) is 2.81. The van der Waals surface area contributed by atoms with Gasteiger partial charge in [0.05, 0.1) is 13.1 Å². The second-order valence-corrected chi connectivity index (χ2v) is 4.49. The summed E-state index contributed by atoms with van der Waals surface area (Å²) in [5.74, 6) is -0.0977. The van der Waals surface area contributed by atoms with E-state index in [9.17, 15) is 9.18 Å². The van der Waals surface area contributed by atoms with Crippen LogP contribution in [0.15, 0.2) is 18.5 Å². The van der Waals surface area contributed by atoms with E-state index in [2.05, 4.69) is 15.1 Å². The lowest BCUT2D eigenvalue weighted by Crippen LogP contribution is -2.53. The molecule has 7 nitrogen and oxygen atoms in total. The van der Waals surface area contributed by atoms with Gasteiger partial charge in [0.2, 0.25) is 6.41 Å². The molecule has 0 aliphatic carbocycles. The first kappa shape index (κ1) is 12.5. The number of ether oxygens (including phenoxy) is 1. The first-order valence-corrected chi connectivity index (χ1v) is 6.04. The summed E-state index contributed by atoms with van der Waals surface area (Å²) in [5.41, 5.74) is 0.480. The molecular weight excluding hydrogens is 265 g/mol. The molecule has 1 amide bonds. The van der Waals surface area contributed by atoms with Crippen molar-refractivity contribution >= 4 is 6.41 Å². The van der Waals surface area contributed by atoms with Crippen LogP contribution in [0.4, 0.5) is 4.39 Å². The van der Waals surface area contributed by atoms with Crippen molar-refractivity contribution in [3.63, 3.8) is 0 Å². The summed E-state index contributed by atoms with van der Waals surface area (Å²) < 4.78 is 20.7. The van der Waals surface area contributed by atoms with Gasteiger partial charge in [-0.2, -0.15) is 5.10 Å². The Hall–Kier alpha value is -2.51. The lowest BCUT2D eigenvalue weighted by Gasteiger charge is -2.35. The summed E-state index contributed by atoms with van der Waals surface area (Å²) in [5, 5.41) is 3.94. The van der Waals surface area contributed by atoms with Gasteiger partial charge in [-0.05, 0) is 12.1 Å². The monoisotopic (exact) mass is 277 g/mol. The van der Waals surface area contributed by atoms with E-state index in [1.54, 1.807) is 11.7 Å². The van der Waals surface area contributed by atoms with Crippen molar-refractivity contribution < 1.29 is 13.9 Å². The average molecular weight is 277 g/mol. The number of aromatic nitrogens is 4. The molecule has 0 N–H and O–H groups in total. The number of rotatable bonds is 4. The van der Waals surface area contributed by atoms with E-state index in [1.165, 1.54) is 23.4 Å². The van der Waals surface area contributed by atoms with Crippen LogP contribution in [-0.4, -0.2) is 50.3 Å². The topological polar surface area (TPSA) is 73.1 Å². The van der Waals surface area contributed by atoms with Crippen LogP contribution in [-0.2, 0) is 11.8 Å². The van der Waals surface area contributed by atoms with Gasteiger partial charge in [0.25, 0.3) is 5.88 Å². The number of aryl methyl sites for hydroxylation is 1. The normalized spacial score (nSPS) is 15.0. The summed E-state index contributed by atoms with van der Waals surface area (Å²) in [4.78, 5) is 20.2. The minimum absolute atomic E-state index is 0.0824. The highest BCUT2D eigenvalue weighted by molar-refractivity contribution is 5.50. The summed E-state index contributed by atoms with van der Waals surface area (Å²) in [6.07, 6.45) is 1.91. The van der Waals surface area contributed by atoms with Crippen LogP contribution in [0, 0.1) is 5.82 Å².